The maximum absolute atomic E-state index is 13.2. The van der Waals surface area contributed by atoms with Crippen molar-refractivity contribution in [3.63, 3.8) is 0 Å². The first-order chi connectivity index (χ1) is 16.7. The van der Waals surface area contributed by atoms with E-state index in [0.717, 1.165) is 6.07 Å². The van der Waals surface area contributed by atoms with Crippen LogP contribution in [0.2, 0.25) is 0 Å². The first-order valence-electron chi connectivity index (χ1n) is 10.7. The van der Waals surface area contributed by atoms with Gasteiger partial charge in [0, 0.05) is 17.7 Å². The van der Waals surface area contributed by atoms with Crippen LogP contribution in [0.25, 0.3) is 0 Å². The highest BCUT2D eigenvalue weighted by atomic mass is 16.7. The van der Waals surface area contributed by atoms with Gasteiger partial charge in [-0.1, -0.05) is 0 Å². The molecule has 6 atom stereocenters. The second kappa shape index (κ2) is 9.76. The van der Waals surface area contributed by atoms with Gasteiger partial charge in [-0.05, 0) is 12.1 Å². The summed E-state index contributed by atoms with van der Waals surface area (Å²) in [4.78, 5) is 13.2. The lowest BCUT2D eigenvalue weighted by molar-refractivity contribution is -0.277. The highest BCUT2D eigenvalue weighted by molar-refractivity contribution is 6.03. The maximum atomic E-state index is 13.2. The second-order valence-corrected chi connectivity index (χ2v) is 8.14. The predicted molar refractivity (Wildman–Crippen MR) is 116 cm³/mol. The minimum Gasteiger partial charge on any atom is -0.508 e. The molecule has 2 aromatic rings. The summed E-state index contributed by atoms with van der Waals surface area (Å²) < 4.78 is 27.2. The zero-order chi connectivity index (χ0) is 25.4. The van der Waals surface area contributed by atoms with Crippen LogP contribution in [0.4, 0.5) is 0 Å². The van der Waals surface area contributed by atoms with Crippen molar-refractivity contribution in [2.75, 3.05) is 20.8 Å². The third-order valence-electron chi connectivity index (χ3n) is 5.94. The van der Waals surface area contributed by atoms with Crippen molar-refractivity contribution >= 4 is 5.78 Å². The number of hydrogen-bond donors (Lipinski definition) is 6. The van der Waals surface area contributed by atoms with Gasteiger partial charge in [-0.25, -0.2) is 0 Å². The van der Waals surface area contributed by atoms with Crippen molar-refractivity contribution < 1.29 is 59.1 Å². The molecule has 1 fully saturated rings. The number of fused-ring (bicyclic) bond motifs is 1. The molecule has 0 radical (unpaired) electrons. The van der Waals surface area contributed by atoms with Gasteiger partial charge < -0.3 is 54.3 Å². The summed E-state index contributed by atoms with van der Waals surface area (Å²) in [6.07, 6.45) is -8.74. The van der Waals surface area contributed by atoms with Crippen molar-refractivity contribution in [3.05, 3.63) is 35.4 Å². The van der Waals surface area contributed by atoms with Crippen LogP contribution in [0.15, 0.2) is 24.3 Å². The van der Waals surface area contributed by atoms with Gasteiger partial charge in [-0.15, -0.1) is 0 Å². The number of Topliss-reactive ketones (excluding diaryl/α,β-unsaturated/α-hetero) is 1. The number of phenolic OH excluding ortho intramolecular Hbond substituents is 2. The Morgan fingerprint density at radius 2 is 1.60 bits per heavy atom. The van der Waals surface area contributed by atoms with Crippen LogP contribution < -0.4 is 18.9 Å². The first kappa shape index (κ1) is 24.8. The molecule has 0 aliphatic carbocycles. The van der Waals surface area contributed by atoms with Crippen LogP contribution in [-0.4, -0.2) is 88.0 Å². The lowest BCUT2D eigenvalue weighted by atomic mass is 9.94. The number of ether oxygens (including phenoxy) is 5. The van der Waals surface area contributed by atoms with Crippen LogP contribution >= 0.6 is 0 Å². The Kier molecular flexibility index (Phi) is 6.92. The van der Waals surface area contributed by atoms with Crippen LogP contribution in [0.1, 0.15) is 28.4 Å². The minimum absolute atomic E-state index is 0.0168. The SMILES string of the molecule is COc1cc(C2CC(=O)c3c(cc(O)cc3OC3OC(CO)C(O)C(O)C3O)O2)cc(OC)c1O. The lowest BCUT2D eigenvalue weighted by Gasteiger charge is -2.40. The number of aliphatic hydroxyl groups is 4. The second-order valence-electron chi connectivity index (χ2n) is 8.14. The number of methoxy groups -OCH3 is 2. The van der Waals surface area contributed by atoms with Crippen LogP contribution in [0.3, 0.4) is 0 Å². The van der Waals surface area contributed by atoms with Crippen molar-refractivity contribution in [2.45, 2.75) is 43.2 Å². The van der Waals surface area contributed by atoms with E-state index in [4.69, 9.17) is 23.7 Å². The molecule has 0 spiro atoms. The van der Waals surface area contributed by atoms with Crippen LogP contribution in [0, 0.1) is 0 Å². The van der Waals surface area contributed by atoms with Gasteiger partial charge in [0.25, 0.3) is 0 Å². The number of rotatable bonds is 6. The van der Waals surface area contributed by atoms with Gasteiger partial charge >= 0.3 is 0 Å². The summed E-state index contributed by atoms with van der Waals surface area (Å²) in [5, 5.41) is 60.0. The number of carbonyl (C=O) groups excluding carboxylic acids is 1. The first-order valence-corrected chi connectivity index (χ1v) is 10.7. The number of benzene rings is 2. The smallest absolute Gasteiger partial charge is 0.229 e. The van der Waals surface area contributed by atoms with Gasteiger partial charge in [0.15, 0.2) is 17.3 Å². The number of aromatic hydroxyl groups is 2. The molecule has 1 saturated heterocycles. The quantitative estimate of drug-likeness (QED) is 0.316. The standard InChI is InChI=1S/C23H26O12/c1-31-15-3-9(4-16(32-2)19(15)27)12-7-11(26)18-13(33-12)5-10(25)6-14(18)34-23-22(30)21(29)20(28)17(8-24)35-23/h3-6,12,17,20-25,27-30H,7-8H2,1-2H3. The molecular weight excluding hydrogens is 468 g/mol. The zero-order valence-corrected chi connectivity index (χ0v) is 18.8. The zero-order valence-electron chi connectivity index (χ0n) is 18.8. The molecule has 0 saturated carbocycles. The topological polar surface area (TPSA) is 185 Å². The summed E-state index contributed by atoms with van der Waals surface area (Å²) in [7, 11) is 2.72. The fraction of sp³-hybridized carbons (Fsp3) is 0.435. The molecule has 35 heavy (non-hydrogen) atoms. The largest absolute Gasteiger partial charge is 0.508 e. The highest BCUT2D eigenvalue weighted by Gasteiger charge is 2.45. The summed E-state index contributed by atoms with van der Waals surface area (Å²) in [5.74, 6) is -0.938. The number of aliphatic hydroxyl groups excluding tert-OH is 4. The fourth-order valence-electron chi connectivity index (χ4n) is 4.08. The fourth-order valence-corrected chi connectivity index (χ4v) is 4.08. The molecule has 12 heteroatoms. The number of ketones is 1. The predicted octanol–water partition coefficient (Wildman–Crippen LogP) is 0.000200. The summed E-state index contributed by atoms with van der Waals surface area (Å²) in [6, 6.07) is 5.33. The Morgan fingerprint density at radius 3 is 2.20 bits per heavy atom. The Bertz CT molecular complexity index is 1080. The average Bonchev–Trinajstić information content (AvgIpc) is 2.83. The monoisotopic (exact) mass is 494 g/mol. The van der Waals surface area contributed by atoms with E-state index < -0.39 is 49.2 Å². The van der Waals surface area contributed by atoms with E-state index in [9.17, 15) is 35.4 Å². The summed E-state index contributed by atoms with van der Waals surface area (Å²) in [6.45, 7) is -0.660. The van der Waals surface area contributed by atoms with Gasteiger partial charge in [-0.2, -0.15) is 0 Å². The Morgan fingerprint density at radius 1 is 0.943 bits per heavy atom. The molecular formula is C23H26O12. The maximum Gasteiger partial charge on any atom is 0.229 e. The van der Waals surface area contributed by atoms with Gasteiger partial charge in [-0.3, -0.25) is 4.79 Å². The molecule has 2 aliphatic heterocycles. The van der Waals surface area contributed by atoms with E-state index in [1.54, 1.807) is 0 Å². The van der Waals surface area contributed by atoms with Crippen LogP contribution in [-0.2, 0) is 4.74 Å². The van der Waals surface area contributed by atoms with E-state index >= 15 is 0 Å². The Labute approximate surface area is 199 Å². The minimum atomic E-state index is -1.71. The Hall–Kier alpha value is -3.29. The average molecular weight is 494 g/mol. The van der Waals surface area contributed by atoms with Crippen molar-refractivity contribution in [3.8, 4) is 34.5 Å². The van der Waals surface area contributed by atoms with Crippen molar-refractivity contribution in [2.24, 2.45) is 0 Å². The van der Waals surface area contributed by atoms with E-state index in [0.29, 0.717) is 5.56 Å². The lowest BCUT2D eigenvalue weighted by Crippen LogP contribution is -2.60. The molecule has 0 amide bonds. The molecule has 2 heterocycles. The van der Waals surface area contributed by atoms with Crippen molar-refractivity contribution in [1.82, 2.24) is 0 Å². The number of phenols is 2. The molecule has 190 valence electrons. The van der Waals surface area contributed by atoms with E-state index in [2.05, 4.69) is 0 Å². The van der Waals surface area contributed by atoms with Crippen molar-refractivity contribution in [1.29, 1.82) is 0 Å². The third-order valence-corrected chi connectivity index (χ3v) is 5.94. The van der Waals surface area contributed by atoms with E-state index in [1.165, 1.54) is 32.4 Å². The Balaban J connectivity index is 1.66. The van der Waals surface area contributed by atoms with Gasteiger partial charge in [0.2, 0.25) is 12.0 Å². The number of hydrogen-bond acceptors (Lipinski definition) is 12. The van der Waals surface area contributed by atoms with Gasteiger partial charge in [0.05, 0.1) is 27.2 Å². The molecule has 6 unspecified atom stereocenters. The van der Waals surface area contributed by atoms with E-state index in [-0.39, 0.29) is 46.5 Å². The summed E-state index contributed by atoms with van der Waals surface area (Å²) in [5.41, 5.74) is 0.434. The van der Waals surface area contributed by atoms with Crippen LogP contribution in [0.5, 0.6) is 34.5 Å². The molecule has 0 bridgehead atoms. The molecule has 4 rings (SSSR count). The van der Waals surface area contributed by atoms with Gasteiger partial charge in [0.1, 0.15) is 53.3 Å². The molecule has 0 aromatic heterocycles. The number of carbonyl (C=O) groups is 1. The normalized spacial score (nSPS) is 28.1. The summed E-state index contributed by atoms with van der Waals surface area (Å²) >= 11 is 0. The third kappa shape index (κ3) is 4.54. The highest BCUT2D eigenvalue weighted by Crippen LogP contribution is 2.45. The molecule has 12 nitrogen and oxygen atoms in total. The molecule has 2 aromatic carbocycles. The van der Waals surface area contributed by atoms with E-state index in [1.807, 2.05) is 0 Å². The molecule has 6 N–H and O–H groups in total. The molecule has 2 aliphatic rings.